The van der Waals surface area contributed by atoms with Crippen LogP contribution in [-0.4, -0.2) is 33.0 Å². The summed E-state index contributed by atoms with van der Waals surface area (Å²) in [6.07, 6.45) is 0. The van der Waals surface area contributed by atoms with Crippen LogP contribution in [0.25, 0.3) is 11.4 Å². The Labute approximate surface area is 169 Å². The number of rotatable bonds is 6. The SMILES string of the molecule is COc1ccc(C)cc1NC(=O)C(C)Sc1nnc(-c2ccc(C)cc2)n1C. The van der Waals surface area contributed by atoms with Crippen molar-refractivity contribution in [3.05, 3.63) is 53.6 Å². The number of aromatic nitrogens is 3. The van der Waals surface area contributed by atoms with Gasteiger partial charge in [-0.2, -0.15) is 0 Å². The number of amides is 1. The minimum absolute atomic E-state index is 0.117. The van der Waals surface area contributed by atoms with Gasteiger partial charge in [0, 0.05) is 12.6 Å². The smallest absolute Gasteiger partial charge is 0.237 e. The Morgan fingerprint density at radius 2 is 1.79 bits per heavy atom. The van der Waals surface area contributed by atoms with Gasteiger partial charge < -0.3 is 14.6 Å². The number of ether oxygens (including phenoxy) is 1. The molecule has 0 bridgehead atoms. The number of hydrogen-bond donors (Lipinski definition) is 1. The minimum Gasteiger partial charge on any atom is -0.495 e. The van der Waals surface area contributed by atoms with Gasteiger partial charge in [-0.15, -0.1) is 10.2 Å². The molecular formula is C21H24N4O2S. The lowest BCUT2D eigenvalue weighted by Gasteiger charge is -2.14. The van der Waals surface area contributed by atoms with Crippen LogP contribution in [-0.2, 0) is 11.8 Å². The molecular weight excluding hydrogens is 372 g/mol. The quantitative estimate of drug-likeness (QED) is 0.632. The van der Waals surface area contributed by atoms with Crippen molar-refractivity contribution in [3.8, 4) is 17.1 Å². The molecule has 0 aliphatic carbocycles. The van der Waals surface area contributed by atoms with Crippen LogP contribution in [0.15, 0.2) is 47.6 Å². The monoisotopic (exact) mass is 396 g/mol. The van der Waals surface area contributed by atoms with E-state index in [1.807, 2.05) is 74.9 Å². The van der Waals surface area contributed by atoms with E-state index in [1.54, 1.807) is 7.11 Å². The standard InChI is InChI=1S/C21H24N4O2S/c1-13-6-9-16(10-7-13)19-23-24-21(25(19)4)28-15(3)20(26)22-17-12-14(2)8-11-18(17)27-5/h6-12,15H,1-5H3,(H,22,26). The molecule has 0 spiro atoms. The van der Waals surface area contributed by atoms with E-state index >= 15 is 0 Å². The summed E-state index contributed by atoms with van der Waals surface area (Å²) in [4.78, 5) is 12.7. The summed E-state index contributed by atoms with van der Waals surface area (Å²) in [6, 6.07) is 13.8. The second kappa shape index (κ2) is 8.48. The fourth-order valence-corrected chi connectivity index (χ4v) is 3.55. The van der Waals surface area contributed by atoms with E-state index in [0.29, 0.717) is 16.6 Å². The first-order valence-corrected chi connectivity index (χ1v) is 9.85. The summed E-state index contributed by atoms with van der Waals surface area (Å²) in [5.74, 6) is 1.29. The van der Waals surface area contributed by atoms with Crippen LogP contribution in [0.3, 0.4) is 0 Å². The van der Waals surface area contributed by atoms with Crippen molar-refractivity contribution in [3.63, 3.8) is 0 Å². The van der Waals surface area contributed by atoms with E-state index in [-0.39, 0.29) is 11.2 Å². The summed E-state index contributed by atoms with van der Waals surface area (Å²) < 4.78 is 7.24. The van der Waals surface area contributed by atoms with E-state index in [4.69, 9.17) is 4.74 Å². The second-order valence-corrected chi connectivity index (χ2v) is 7.99. The molecule has 0 saturated heterocycles. The van der Waals surface area contributed by atoms with Gasteiger partial charge in [0.25, 0.3) is 0 Å². The molecule has 0 aliphatic heterocycles. The normalized spacial score (nSPS) is 11.9. The summed E-state index contributed by atoms with van der Waals surface area (Å²) in [7, 11) is 3.50. The Morgan fingerprint density at radius 3 is 2.46 bits per heavy atom. The molecule has 1 aromatic heterocycles. The Bertz CT molecular complexity index is 983. The van der Waals surface area contributed by atoms with Gasteiger partial charge in [-0.05, 0) is 38.5 Å². The molecule has 0 fully saturated rings. The number of thioether (sulfide) groups is 1. The molecule has 1 heterocycles. The highest BCUT2D eigenvalue weighted by Gasteiger charge is 2.20. The molecule has 2 aromatic carbocycles. The molecule has 1 unspecified atom stereocenters. The lowest BCUT2D eigenvalue weighted by atomic mass is 10.1. The van der Waals surface area contributed by atoms with Gasteiger partial charge in [-0.1, -0.05) is 47.7 Å². The maximum atomic E-state index is 12.7. The van der Waals surface area contributed by atoms with Crippen LogP contribution in [0.1, 0.15) is 18.1 Å². The number of nitrogens with one attached hydrogen (secondary N) is 1. The largest absolute Gasteiger partial charge is 0.495 e. The van der Waals surface area contributed by atoms with E-state index in [2.05, 4.69) is 15.5 Å². The zero-order chi connectivity index (χ0) is 20.3. The van der Waals surface area contributed by atoms with Gasteiger partial charge in [0.15, 0.2) is 11.0 Å². The number of benzene rings is 2. The zero-order valence-electron chi connectivity index (χ0n) is 16.7. The number of anilines is 1. The number of methoxy groups -OCH3 is 1. The minimum atomic E-state index is -0.348. The topological polar surface area (TPSA) is 69.0 Å². The number of hydrogen-bond acceptors (Lipinski definition) is 5. The van der Waals surface area contributed by atoms with Crippen LogP contribution in [0, 0.1) is 13.8 Å². The molecule has 6 nitrogen and oxygen atoms in total. The molecule has 146 valence electrons. The summed E-state index contributed by atoms with van der Waals surface area (Å²) >= 11 is 1.37. The number of aryl methyl sites for hydroxylation is 2. The highest BCUT2D eigenvalue weighted by atomic mass is 32.2. The van der Waals surface area contributed by atoms with Gasteiger partial charge in [-0.3, -0.25) is 4.79 Å². The molecule has 3 rings (SSSR count). The van der Waals surface area contributed by atoms with Gasteiger partial charge >= 0.3 is 0 Å². The fourth-order valence-electron chi connectivity index (χ4n) is 2.74. The van der Waals surface area contributed by atoms with Gasteiger partial charge in [-0.25, -0.2) is 0 Å². The van der Waals surface area contributed by atoms with Crippen LogP contribution in [0.5, 0.6) is 5.75 Å². The summed E-state index contributed by atoms with van der Waals surface area (Å²) in [6.45, 7) is 5.87. The molecule has 28 heavy (non-hydrogen) atoms. The molecule has 1 N–H and O–H groups in total. The van der Waals surface area contributed by atoms with Crippen molar-refractivity contribution in [1.82, 2.24) is 14.8 Å². The van der Waals surface area contributed by atoms with Crippen molar-refractivity contribution < 1.29 is 9.53 Å². The van der Waals surface area contributed by atoms with E-state index in [0.717, 1.165) is 17.0 Å². The van der Waals surface area contributed by atoms with Crippen LogP contribution in [0.4, 0.5) is 5.69 Å². The number of carbonyl (C=O) groups excluding carboxylic acids is 1. The predicted molar refractivity (Wildman–Crippen MR) is 113 cm³/mol. The molecule has 7 heteroatoms. The van der Waals surface area contributed by atoms with Crippen molar-refractivity contribution in [2.45, 2.75) is 31.2 Å². The second-order valence-electron chi connectivity index (χ2n) is 6.68. The number of carbonyl (C=O) groups is 1. The Balaban J connectivity index is 1.73. The van der Waals surface area contributed by atoms with Gasteiger partial charge in [0.1, 0.15) is 5.75 Å². The highest BCUT2D eigenvalue weighted by Crippen LogP contribution is 2.29. The fraction of sp³-hybridized carbons (Fsp3) is 0.286. The molecule has 1 atom stereocenters. The number of nitrogens with zero attached hydrogens (tertiary/aromatic N) is 3. The molecule has 0 saturated carbocycles. The lowest BCUT2D eigenvalue weighted by Crippen LogP contribution is -2.23. The zero-order valence-corrected chi connectivity index (χ0v) is 17.5. The lowest BCUT2D eigenvalue weighted by molar-refractivity contribution is -0.115. The Morgan fingerprint density at radius 1 is 1.11 bits per heavy atom. The predicted octanol–water partition coefficient (Wildman–Crippen LogP) is 4.23. The van der Waals surface area contributed by atoms with E-state index in [9.17, 15) is 4.79 Å². The van der Waals surface area contributed by atoms with Crippen LogP contribution < -0.4 is 10.1 Å². The van der Waals surface area contributed by atoms with Crippen molar-refractivity contribution in [1.29, 1.82) is 0 Å². The van der Waals surface area contributed by atoms with Crippen molar-refractivity contribution >= 4 is 23.4 Å². The highest BCUT2D eigenvalue weighted by molar-refractivity contribution is 8.00. The summed E-state index contributed by atoms with van der Waals surface area (Å²) in [5.41, 5.74) is 3.90. The molecule has 1 amide bonds. The Hall–Kier alpha value is -2.80. The van der Waals surface area contributed by atoms with Crippen LogP contribution in [0.2, 0.25) is 0 Å². The van der Waals surface area contributed by atoms with Gasteiger partial charge in [0.2, 0.25) is 5.91 Å². The van der Waals surface area contributed by atoms with Crippen molar-refractivity contribution in [2.24, 2.45) is 7.05 Å². The molecule has 0 aliphatic rings. The average Bonchev–Trinajstić information content (AvgIpc) is 3.03. The first-order chi connectivity index (χ1) is 13.4. The van der Waals surface area contributed by atoms with E-state index in [1.165, 1.54) is 17.3 Å². The van der Waals surface area contributed by atoms with E-state index < -0.39 is 0 Å². The molecule has 0 radical (unpaired) electrons. The third-order valence-corrected chi connectivity index (χ3v) is 5.54. The molecule has 3 aromatic rings. The maximum Gasteiger partial charge on any atom is 0.237 e. The van der Waals surface area contributed by atoms with Crippen LogP contribution >= 0.6 is 11.8 Å². The third-order valence-electron chi connectivity index (χ3n) is 4.41. The van der Waals surface area contributed by atoms with Crippen molar-refractivity contribution in [2.75, 3.05) is 12.4 Å². The third kappa shape index (κ3) is 4.36. The summed E-state index contributed by atoms with van der Waals surface area (Å²) in [5, 5.41) is 11.8. The Kier molecular flexibility index (Phi) is 6.04. The first kappa shape index (κ1) is 19.9. The maximum absolute atomic E-state index is 12.7. The average molecular weight is 397 g/mol. The first-order valence-electron chi connectivity index (χ1n) is 8.97. The van der Waals surface area contributed by atoms with Gasteiger partial charge in [0.05, 0.1) is 18.0 Å².